The highest BCUT2D eigenvalue weighted by atomic mass is 35.5. The molecule has 0 saturated heterocycles. The summed E-state index contributed by atoms with van der Waals surface area (Å²) in [6.07, 6.45) is -0.859. The lowest BCUT2D eigenvalue weighted by Crippen LogP contribution is -2.25. The average Bonchev–Trinajstić information content (AvgIpc) is 2.65. The van der Waals surface area contributed by atoms with Crippen LogP contribution in [0.2, 0.25) is 5.02 Å². The van der Waals surface area contributed by atoms with Gasteiger partial charge in [-0.15, -0.1) is 0 Å². The smallest absolute Gasteiger partial charge is 0.270 e. The second kappa shape index (κ2) is 8.02. The van der Waals surface area contributed by atoms with Crippen LogP contribution in [0.5, 0.6) is 5.75 Å². The number of ether oxygens (including phenoxy) is 1. The van der Waals surface area contributed by atoms with Gasteiger partial charge in [0.2, 0.25) is 6.10 Å². The van der Waals surface area contributed by atoms with Gasteiger partial charge in [-0.25, -0.2) is 4.39 Å². The highest BCUT2D eigenvalue weighted by Crippen LogP contribution is 2.27. The molecule has 3 nitrogen and oxygen atoms in total. The minimum atomic E-state index is -0.859. The van der Waals surface area contributed by atoms with E-state index in [4.69, 9.17) is 16.3 Å². The highest BCUT2D eigenvalue weighted by Gasteiger charge is 2.23. The first-order valence-corrected chi connectivity index (χ1v) is 8.45. The van der Waals surface area contributed by atoms with Crippen LogP contribution >= 0.6 is 11.6 Å². The maximum absolute atomic E-state index is 13.1. The van der Waals surface area contributed by atoms with Crippen molar-refractivity contribution in [2.24, 2.45) is 0 Å². The summed E-state index contributed by atoms with van der Waals surface area (Å²) < 4.78 is 19.0. The Balaban J connectivity index is 1.86. The van der Waals surface area contributed by atoms with E-state index in [2.05, 4.69) is 5.32 Å². The Hall–Kier alpha value is -2.85. The van der Waals surface area contributed by atoms with Gasteiger partial charge in [-0.2, -0.15) is 0 Å². The number of carbonyl (C=O) groups is 1. The summed E-state index contributed by atoms with van der Waals surface area (Å²) in [5.74, 6) is -0.180. The fraction of sp³-hybridized carbons (Fsp3) is 0.0952. The van der Waals surface area contributed by atoms with Gasteiger partial charge in [-0.1, -0.05) is 41.9 Å². The Bertz CT molecular complexity index is 898. The molecule has 0 aliphatic heterocycles. The third-order valence-corrected chi connectivity index (χ3v) is 4.26. The number of nitrogens with one attached hydrogen (secondary N) is 1. The molecule has 1 amide bonds. The van der Waals surface area contributed by atoms with Gasteiger partial charge in [0, 0.05) is 16.3 Å². The Morgan fingerprint density at radius 2 is 1.73 bits per heavy atom. The zero-order valence-corrected chi connectivity index (χ0v) is 14.8. The van der Waals surface area contributed by atoms with Gasteiger partial charge in [0.15, 0.2) is 0 Å². The molecular formula is C21H17ClFNO2. The first-order chi connectivity index (χ1) is 12.5. The fourth-order valence-corrected chi connectivity index (χ4v) is 2.59. The molecule has 5 heteroatoms. The Labute approximate surface area is 156 Å². The van der Waals surface area contributed by atoms with E-state index in [-0.39, 0.29) is 11.7 Å². The van der Waals surface area contributed by atoms with Crippen LogP contribution in [0.3, 0.4) is 0 Å². The first-order valence-electron chi connectivity index (χ1n) is 8.07. The fourth-order valence-electron chi connectivity index (χ4n) is 2.47. The monoisotopic (exact) mass is 369 g/mol. The Morgan fingerprint density at radius 1 is 1.04 bits per heavy atom. The van der Waals surface area contributed by atoms with Crippen LogP contribution in [-0.2, 0) is 4.79 Å². The standard InChI is InChI=1S/C21H17ClFNO2/c1-14-13-18(11-12-19(14)22)26-20(15-5-3-2-4-6-15)21(25)24-17-9-7-16(23)8-10-17/h2-13,20H,1H3,(H,24,25)/t20-/m0/s1. The number of hydrogen-bond acceptors (Lipinski definition) is 2. The molecule has 0 heterocycles. The van der Waals surface area contributed by atoms with Crippen molar-refractivity contribution in [1.82, 2.24) is 0 Å². The molecule has 0 aromatic heterocycles. The topological polar surface area (TPSA) is 38.3 Å². The molecule has 132 valence electrons. The second-order valence-electron chi connectivity index (χ2n) is 5.82. The molecule has 1 atom stereocenters. The van der Waals surface area contributed by atoms with E-state index >= 15 is 0 Å². The van der Waals surface area contributed by atoms with Crippen LogP contribution in [0.1, 0.15) is 17.2 Å². The van der Waals surface area contributed by atoms with Crippen molar-refractivity contribution in [3.63, 3.8) is 0 Å². The third kappa shape index (κ3) is 4.41. The number of halogens is 2. The molecule has 0 aliphatic rings. The Morgan fingerprint density at radius 3 is 2.38 bits per heavy atom. The quantitative estimate of drug-likeness (QED) is 0.640. The van der Waals surface area contributed by atoms with E-state index in [0.29, 0.717) is 22.0 Å². The van der Waals surface area contributed by atoms with E-state index in [1.165, 1.54) is 24.3 Å². The summed E-state index contributed by atoms with van der Waals surface area (Å²) >= 11 is 6.05. The first kappa shape index (κ1) is 18.0. The summed E-state index contributed by atoms with van der Waals surface area (Å²) in [5, 5.41) is 3.39. The largest absolute Gasteiger partial charge is 0.476 e. The predicted octanol–water partition coefficient (Wildman–Crippen LogP) is 5.55. The van der Waals surface area contributed by atoms with Crippen LogP contribution in [0.25, 0.3) is 0 Å². The average molecular weight is 370 g/mol. The number of benzene rings is 3. The van der Waals surface area contributed by atoms with Crippen LogP contribution in [-0.4, -0.2) is 5.91 Å². The van der Waals surface area contributed by atoms with Crippen LogP contribution in [0.4, 0.5) is 10.1 Å². The van der Waals surface area contributed by atoms with Gasteiger partial charge in [-0.3, -0.25) is 4.79 Å². The van der Waals surface area contributed by atoms with Crippen LogP contribution in [0.15, 0.2) is 72.8 Å². The highest BCUT2D eigenvalue weighted by molar-refractivity contribution is 6.31. The van der Waals surface area contributed by atoms with Gasteiger partial charge in [-0.05, 0) is 55.0 Å². The summed E-state index contributed by atoms with van der Waals surface area (Å²) in [6.45, 7) is 1.87. The van der Waals surface area contributed by atoms with Gasteiger partial charge in [0.1, 0.15) is 11.6 Å². The number of carbonyl (C=O) groups excluding carboxylic acids is 1. The molecule has 3 aromatic rings. The Kier molecular flexibility index (Phi) is 5.54. The number of rotatable bonds is 5. The molecule has 0 aliphatic carbocycles. The SMILES string of the molecule is Cc1cc(O[C@H](C(=O)Nc2ccc(F)cc2)c2ccccc2)ccc1Cl. The molecule has 0 radical (unpaired) electrons. The zero-order chi connectivity index (χ0) is 18.5. The van der Waals surface area contributed by atoms with Crippen molar-refractivity contribution >= 4 is 23.2 Å². The molecule has 0 bridgehead atoms. The van der Waals surface area contributed by atoms with E-state index in [9.17, 15) is 9.18 Å². The number of aryl methyl sites for hydroxylation is 1. The van der Waals surface area contributed by atoms with Gasteiger partial charge in [0.05, 0.1) is 0 Å². The minimum absolute atomic E-state index is 0.351. The summed E-state index contributed by atoms with van der Waals surface area (Å²) in [7, 11) is 0. The van der Waals surface area contributed by atoms with Gasteiger partial charge >= 0.3 is 0 Å². The molecule has 0 unspecified atom stereocenters. The summed E-state index contributed by atoms with van der Waals surface area (Å²) in [6, 6.07) is 20.0. The molecule has 3 rings (SSSR count). The molecule has 0 saturated carbocycles. The molecule has 3 aromatic carbocycles. The molecule has 0 spiro atoms. The molecule has 26 heavy (non-hydrogen) atoms. The van der Waals surface area contributed by atoms with E-state index in [1.54, 1.807) is 18.2 Å². The van der Waals surface area contributed by atoms with E-state index in [0.717, 1.165) is 5.56 Å². The lowest BCUT2D eigenvalue weighted by Gasteiger charge is -2.19. The zero-order valence-electron chi connectivity index (χ0n) is 14.1. The van der Waals surface area contributed by atoms with Crippen molar-refractivity contribution in [3.05, 3.63) is 94.8 Å². The number of amides is 1. The van der Waals surface area contributed by atoms with Crippen LogP contribution in [0, 0.1) is 12.7 Å². The predicted molar refractivity (Wildman–Crippen MR) is 101 cm³/mol. The molecule has 1 N–H and O–H groups in total. The minimum Gasteiger partial charge on any atom is -0.476 e. The van der Waals surface area contributed by atoms with E-state index < -0.39 is 6.10 Å². The maximum atomic E-state index is 13.1. The van der Waals surface area contributed by atoms with Gasteiger partial charge in [0.25, 0.3) is 5.91 Å². The lowest BCUT2D eigenvalue weighted by atomic mass is 10.1. The molecular weight excluding hydrogens is 353 g/mol. The molecule has 0 fully saturated rings. The third-order valence-electron chi connectivity index (χ3n) is 3.84. The summed E-state index contributed by atoms with van der Waals surface area (Å²) in [5.41, 5.74) is 2.06. The summed E-state index contributed by atoms with van der Waals surface area (Å²) in [4.78, 5) is 12.8. The van der Waals surface area contributed by atoms with Gasteiger partial charge < -0.3 is 10.1 Å². The van der Waals surface area contributed by atoms with E-state index in [1.807, 2.05) is 37.3 Å². The lowest BCUT2D eigenvalue weighted by molar-refractivity contribution is -0.123. The van der Waals surface area contributed by atoms with Crippen LogP contribution < -0.4 is 10.1 Å². The van der Waals surface area contributed by atoms with Crippen molar-refractivity contribution in [2.45, 2.75) is 13.0 Å². The normalized spacial score (nSPS) is 11.7. The second-order valence-corrected chi connectivity index (χ2v) is 6.22. The van der Waals surface area contributed by atoms with Crippen molar-refractivity contribution in [1.29, 1.82) is 0 Å². The van der Waals surface area contributed by atoms with Crippen molar-refractivity contribution in [3.8, 4) is 5.75 Å². The maximum Gasteiger partial charge on any atom is 0.270 e. The number of anilines is 1. The van der Waals surface area contributed by atoms with Crippen molar-refractivity contribution < 1.29 is 13.9 Å². The number of hydrogen-bond donors (Lipinski definition) is 1. The van der Waals surface area contributed by atoms with Crippen molar-refractivity contribution in [2.75, 3.05) is 5.32 Å².